The van der Waals surface area contributed by atoms with Crippen LogP contribution in [0.2, 0.25) is 0 Å². The standard InChI is InChI=1S/C19H30N2O/c1-19(2,3)13-18(22)20-14-16-9-11-21(12-10-16)15-17-7-5-4-6-8-17/h4-8,16H,9-15H2,1-3H3,(H,20,22). The summed E-state index contributed by atoms with van der Waals surface area (Å²) in [5, 5.41) is 3.12. The van der Waals surface area contributed by atoms with Crippen LogP contribution in [0.3, 0.4) is 0 Å². The van der Waals surface area contributed by atoms with Crippen LogP contribution in [0.15, 0.2) is 30.3 Å². The molecule has 3 heteroatoms. The van der Waals surface area contributed by atoms with Gasteiger partial charge in [-0.2, -0.15) is 0 Å². The Morgan fingerprint density at radius 2 is 1.82 bits per heavy atom. The SMILES string of the molecule is CC(C)(C)CC(=O)NCC1CCN(Cc2ccccc2)CC1. The zero-order valence-electron chi connectivity index (χ0n) is 14.3. The number of piperidine rings is 1. The van der Waals surface area contributed by atoms with Crippen molar-refractivity contribution < 1.29 is 4.79 Å². The topological polar surface area (TPSA) is 32.3 Å². The lowest BCUT2D eigenvalue weighted by Gasteiger charge is -2.32. The second-order valence-corrected chi connectivity index (χ2v) is 7.75. The average Bonchev–Trinajstić information content (AvgIpc) is 2.46. The first-order valence-corrected chi connectivity index (χ1v) is 8.45. The van der Waals surface area contributed by atoms with Gasteiger partial charge in [-0.15, -0.1) is 0 Å². The molecule has 0 unspecified atom stereocenters. The third kappa shape index (κ3) is 6.18. The van der Waals surface area contributed by atoms with Crippen LogP contribution in [0, 0.1) is 11.3 Å². The minimum absolute atomic E-state index is 0.0726. The molecule has 1 saturated heterocycles. The Labute approximate surface area is 135 Å². The maximum absolute atomic E-state index is 11.9. The number of amides is 1. The highest BCUT2D eigenvalue weighted by Crippen LogP contribution is 2.20. The molecule has 1 fully saturated rings. The quantitative estimate of drug-likeness (QED) is 0.903. The van der Waals surface area contributed by atoms with E-state index in [4.69, 9.17) is 0 Å². The van der Waals surface area contributed by atoms with Gasteiger partial charge in [-0.3, -0.25) is 9.69 Å². The highest BCUT2D eigenvalue weighted by molar-refractivity contribution is 5.76. The van der Waals surface area contributed by atoms with Gasteiger partial charge in [-0.1, -0.05) is 51.1 Å². The molecule has 0 aliphatic carbocycles. The smallest absolute Gasteiger partial charge is 0.220 e. The van der Waals surface area contributed by atoms with Crippen molar-refractivity contribution in [2.75, 3.05) is 19.6 Å². The Hall–Kier alpha value is -1.35. The predicted molar refractivity (Wildman–Crippen MR) is 91.5 cm³/mol. The van der Waals surface area contributed by atoms with Crippen molar-refractivity contribution in [3.8, 4) is 0 Å². The van der Waals surface area contributed by atoms with Crippen molar-refractivity contribution in [3.63, 3.8) is 0 Å². The Morgan fingerprint density at radius 1 is 1.18 bits per heavy atom. The first-order valence-electron chi connectivity index (χ1n) is 8.45. The number of carbonyl (C=O) groups excluding carboxylic acids is 1. The van der Waals surface area contributed by atoms with E-state index in [1.54, 1.807) is 0 Å². The minimum Gasteiger partial charge on any atom is -0.356 e. The van der Waals surface area contributed by atoms with Gasteiger partial charge >= 0.3 is 0 Å². The second kappa shape index (κ2) is 7.77. The van der Waals surface area contributed by atoms with Gasteiger partial charge in [-0.25, -0.2) is 0 Å². The summed E-state index contributed by atoms with van der Waals surface area (Å²) in [5.74, 6) is 0.829. The summed E-state index contributed by atoms with van der Waals surface area (Å²) in [6, 6.07) is 10.7. The third-order valence-electron chi connectivity index (χ3n) is 4.23. The van der Waals surface area contributed by atoms with Crippen LogP contribution in [-0.2, 0) is 11.3 Å². The van der Waals surface area contributed by atoms with Crippen molar-refractivity contribution in [2.24, 2.45) is 11.3 Å². The molecule has 3 nitrogen and oxygen atoms in total. The van der Waals surface area contributed by atoms with Crippen molar-refractivity contribution in [3.05, 3.63) is 35.9 Å². The summed E-state index contributed by atoms with van der Waals surface area (Å²) in [6.07, 6.45) is 2.98. The van der Waals surface area contributed by atoms with Crippen molar-refractivity contribution in [1.29, 1.82) is 0 Å². The highest BCUT2D eigenvalue weighted by Gasteiger charge is 2.21. The molecule has 122 valence electrons. The van der Waals surface area contributed by atoms with E-state index in [-0.39, 0.29) is 11.3 Å². The summed E-state index contributed by atoms with van der Waals surface area (Å²) in [7, 11) is 0. The number of hydrogen-bond acceptors (Lipinski definition) is 2. The Balaban J connectivity index is 1.66. The molecule has 1 N–H and O–H groups in total. The summed E-state index contributed by atoms with van der Waals surface area (Å²) < 4.78 is 0. The average molecular weight is 302 g/mol. The van der Waals surface area contributed by atoms with E-state index in [9.17, 15) is 4.79 Å². The van der Waals surface area contributed by atoms with Crippen LogP contribution in [0.25, 0.3) is 0 Å². The van der Waals surface area contributed by atoms with Crippen LogP contribution < -0.4 is 5.32 Å². The lowest BCUT2D eigenvalue weighted by atomic mass is 9.91. The molecular formula is C19H30N2O. The van der Waals surface area contributed by atoms with Crippen LogP contribution in [0.5, 0.6) is 0 Å². The molecule has 0 atom stereocenters. The second-order valence-electron chi connectivity index (χ2n) is 7.75. The van der Waals surface area contributed by atoms with Crippen LogP contribution >= 0.6 is 0 Å². The summed E-state index contributed by atoms with van der Waals surface area (Å²) in [4.78, 5) is 14.4. The zero-order valence-corrected chi connectivity index (χ0v) is 14.3. The fraction of sp³-hybridized carbons (Fsp3) is 0.632. The Kier molecular flexibility index (Phi) is 6.01. The molecule has 0 radical (unpaired) electrons. The van der Waals surface area contributed by atoms with E-state index < -0.39 is 0 Å². The number of hydrogen-bond donors (Lipinski definition) is 1. The van der Waals surface area contributed by atoms with Crippen LogP contribution in [0.4, 0.5) is 0 Å². The predicted octanol–water partition coefficient (Wildman–Crippen LogP) is 3.45. The monoisotopic (exact) mass is 302 g/mol. The van der Waals surface area contributed by atoms with E-state index >= 15 is 0 Å². The van der Waals surface area contributed by atoms with E-state index in [2.05, 4.69) is 61.3 Å². The van der Waals surface area contributed by atoms with Gasteiger partial charge in [-0.05, 0) is 42.8 Å². The zero-order chi connectivity index (χ0) is 16.0. The molecule has 1 amide bonds. The van der Waals surface area contributed by atoms with Gasteiger partial charge in [0.15, 0.2) is 0 Å². The Morgan fingerprint density at radius 3 is 2.41 bits per heavy atom. The molecule has 1 aliphatic rings. The van der Waals surface area contributed by atoms with Gasteiger partial charge in [0.2, 0.25) is 5.91 Å². The molecule has 0 aromatic heterocycles. The lowest BCUT2D eigenvalue weighted by Crippen LogP contribution is -2.38. The fourth-order valence-electron chi connectivity index (χ4n) is 2.99. The summed E-state index contributed by atoms with van der Waals surface area (Å²) >= 11 is 0. The minimum atomic E-state index is 0.0726. The molecule has 0 saturated carbocycles. The van der Waals surface area contributed by atoms with E-state index in [1.165, 1.54) is 18.4 Å². The molecule has 0 spiro atoms. The van der Waals surface area contributed by atoms with Crippen molar-refractivity contribution in [1.82, 2.24) is 10.2 Å². The molecule has 1 aliphatic heterocycles. The molecule has 2 rings (SSSR count). The maximum atomic E-state index is 11.9. The van der Waals surface area contributed by atoms with E-state index in [0.717, 1.165) is 26.2 Å². The number of nitrogens with zero attached hydrogens (tertiary/aromatic N) is 1. The lowest BCUT2D eigenvalue weighted by molar-refractivity contribution is -0.123. The largest absolute Gasteiger partial charge is 0.356 e. The van der Waals surface area contributed by atoms with Gasteiger partial charge in [0.1, 0.15) is 0 Å². The van der Waals surface area contributed by atoms with Gasteiger partial charge in [0, 0.05) is 19.5 Å². The molecule has 0 bridgehead atoms. The Bertz CT molecular complexity index is 456. The molecule has 1 heterocycles. The number of likely N-dealkylation sites (tertiary alicyclic amines) is 1. The van der Waals surface area contributed by atoms with Crippen molar-refractivity contribution >= 4 is 5.91 Å². The third-order valence-corrected chi connectivity index (χ3v) is 4.23. The summed E-state index contributed by atoms with van der Waals surface area (Å²) in [6.45, 7) is 10.5. The van der Waals surface area contributed by atoms with E-state index in [0.29, 0.717) is 12.3 Å². The first kappa shape index (κ1) is 17.0. The first-order chi connectivity index (χ1) is 10.4. The van der Waals surface area contributed by atoms with E-state index in [1.807, 2.05) is 0 Å². The molecular weight excluding hydrogens is 272 g/mol. The number of carbonyl (C=O) groups is 1. The number of rotatable bonds is 5. The summed E-state index contributed by atoms with van der Waals surface area (Å²) in [5.41, 5.74) is 1.46. The van der Waals surface area contributed by atoms with Crippen LogP contribution in [0.1, 0.15) is 45.6 Å². The molecule has 1 aromatic rings. The van der Waals surface area contributed by atoms with Crippen LogP contribution in [-0.4, -0.2) is 30.4 Å². The maximum Gasteiger partial charge on any atom is 0.220 e. The van der Waals surface area contributed by atoms with Gasteiger partial charge in [0.05, 0.1) is 0 Å². The highest BCUT2D eigenvalue weighted by atomic mass is 16.1. The van der Waals surface area contributed by atoms with Crippen molar-refractivity contribution in [2.45, 2.75) is 46.6 Å². The normalized spacial score (nSPS) is 17.4. The number of benzene rings is 1. The van der Waals surface area contributed by atoms with Gasteiger partial charge in [0.25, 0.3) is 0 Å². The number of nitrogens with one attached hydrogen (secondary N) is 1. The van der Waals surface area contributed by atoms with Gasteiger partial charge < -0.3 is 5.32 Å². The molecule has 22 heavy (non-hydrogen) atoms. The molecule has 1 aromatic carbocycles. The fourth-order valence-corrected chi connectivity index (χ4v) is 2.99.